The van der Waals surface area contributed by atoms with Gasteiger partial charge in [-0.05, 0) is 36.2 Å². The van der Waals surface area contributed by atoms with Crippen molar-refractivity contribution >= 4 is 29.1 Å². The van der Waals surface area contributed by atoms with E-state index in [1.54, 1.807) is 24.3 Å². The lowest BCUT2D eigenvalue weighted by molar-refractivity contribution is -0.121. The first-order chi connectivity index (χ1) is 12.8. The molecule has 0 radical (unpaired) electrons. The van der Waals surface area contributed by atoms with Gasteiger partial charge in [0, 0.05) is 37.5 Å². The summed E-state index contributed by atoms with van der Waals surface area (Å²) in [4.78, 5) is 25.7. The molecule has 0 saturated carbocycles. The molecular formula is C20H22ClFN2O3. The van der Waals surface area contributed by atoms with Crippen molar-refractivity contribution in [1.82, 2.24) is 5.32 Å². The minimum atomic E-state index is -0.325. The SMILES string of the molecule is COc1cc(Cl)c(C)cc1N(CCC(=O)NCc1ccc(F)cc1)C(C)=O. The molecule has 0 spiro atoms. The molecule has 7 heteroatoms. The Labute approximate surface area is 163 Å². The number of methoxy groups -OCH3 is 1. The second-order valence-corrected chi connectivity index (χ2v) is 6.50. The van der Waals surface area contributed by atoms with Gasteiger partial charge in [-0.15, -0.1) is 0 Å². The molecule has 0 bridgehead atoms. The Morgan fingerprint density at radius 1 is 1.22 bits per heavy atom. The number of amides is 2. The first-order valence-electron chi connectivity index (χ1n) is 8.45. The van der Waals surface area contributed by atoms with Crippen LogP contribution in [0.2, 0.25) is 5.02 Å². The maximum atomic E-state index is 12.9. The second kappa shape index (κ2) is 9.37. The molecule has 27 heavy (non-hydrogen) atoms. The average molecular weight is 393 g/mol. The predicted octanol–water partition coefficient (Wildman–Crippen LogP) is 3.86. The van der Waals surface area contributed by atoms with Crippen LogP contribution in [-0.4, -0.2) is 25.5 Å². The highest BCUT2D eigenvalue weighted by molar-refractivity contribution is 6.31. The number of carbonyl (C=O) groups is 2. The third-order valence-corrected chi connectivity index (χ3v) is 4.50. The lowest BCUT2D eigenvalue weighted by Gasteiger charge is -2.24. The van der Waals surface area contributed by atoms with Gasteiger partial charge in [0.1, 0.15) is 11.6 Å². The molecule has 0 atom stereocenters. The van der Waals surface area contributed by atoms with Crippen LogP contribution < -0.4 is 15.0 Å². The van der Waals surface area contributed by atoms with Crippen molar-refractivity contribution in [3.05, 3.63) is 58.4 Å². The molecule has 2 aromatic carbocycles. The molecule has 144 valence electrons. The van der Waals surface area contributed by atoms with Crippen LogP contribution in [0.3, 0.4) is 0 Å². The van der Waals surface area contributed by atoms with Gasteiger partial charge in [0.2, 0.25) is 11.8 Å². The Kier molecular flexibility index (Phi) is 7.19. The summed E-state index contributed by atoms with van der Waals surface area (Å²) in [6.45, 7) is 3.75. The minimum absolute atomic E-state index is 0.117. The third-order valence-electron chi connectivity index (χ3n) is 4.10. The normalized spacial score (nSPS) is 10.4. The summed E-state index contributed by atoms with van der Waals surface area (Å²) in [6, 6.07) is 9.32. The smallest absolute Gasteiger partial charge is 0.223 e. The third kappa shape index (κ3) is 5.69. The Bertz CT molecular complexity index is 825. The van der Waals surface area contributed by atoms with E-state index >= 15 is 0 Å². The van der Waals surface area contributed by atoms with Crippen LogP contribution in [0.4, 0.5) is 10.1 Å². The largest absolute Gasteiger partial charge is 0.495 e. The van der Waals surface area contributed by atoms with Crippen LogP contribution in [0.1, 0.15) is 24.5 Å². The van der Waals surface area contributed by atoms with E-state index in [1.807, 2.05) is 6.92 Å². The van der Waals surface area contributed by atoms with Gasteiger partial charge in [-0.1, -0.05) is 23.7 Å². The molecule has 0 unspecified atom stereocenters. The van der Waals surface area contributed by atoms with Crippen molar-refractivity contribution in [2.24, 2.45) is 0 Å². The van der Waals surface area contributed by atoms with Crippen LogP contribution in [0.15, 0.2) is 36.4 Å². The van der Waals surface area contributed by atoms with E-state index < -0.39 is 0 Å². The van der Waals surface area contributed by atoms with Crippen LogP contribution >= 0.6 is 11.6 Å². The second-order valence-electron chi connectivity index (χ2n) is 6.10. The summed E-state index contributed by atoms with van der Waals surface area (Å²) in [7, 11) is 1.50. The van der Waals surface area contributed by atoms with Crippen molar-refractivity contribution in [2.75, 3.05) is 18.6 Å². The van der Waals surface area contributed by atoms with E-state index in [2.05, 4.69) is 5.32 Å². The lowest BCUT2D eigenvalue weighted by atomic mass is 10.1. The highest BCUT2D eigenvalue weighted by Crippen LogP contribution is 2.34. The highest BCUT2D eigenvalue weighted by Gasteiger charge is 2.19. The molecule has 0 aliphatic carbocycles. The van der Waals surface area contributed by atoms with Gasteiger partial charge < -0.3 is 15.0 Å². The zero-order chi connectivity index (χ0) is 20.0. The standard InChI is InChI=1S/C20H22ClFN2O3/c1-13-10-18(19(27-3)11-17(13)21)24(14(2)25)9-8-20(26)23-12-15-4-6-16(22)7-5-15/h4-7,10-11H,8-9,12H2,1-3H3,(H,23,26). The Hall–Kier alpha value is -2.60. The lowest BCUT2D eigenvalue weighted by Crippen LogP contribution is -2.34. The fourth-order valence-corrected chi connectivity index (χ4v) is 2.73. The molecule has 0 aliphatic heterocycles. The van der Waals surface area contributed by atoms with Gasteiger partial charge in [-0.3, -0.25) is 9.59 Å². The Morgan fingerprint density at radius 3 is 2.48 bits per heavy atom. The fourth-order valence-electron chi connectivity index (χ4n) is 2.57. The van der Waals surface area contributed by atoms with Gasteiger partial charge in [0.15, 0.2) is 0 Å². The van der Waals surface area contributed by atoms with E-state index in [9.17, 15) is 14.0 Å². The number of aryl methyl sites for hydroxylation is 1. The summed E-state index contributed by atoms with van der Waals surface area (Å²) in [5.74, 6) is -0.279. The summed E-state index contributed by atoms with van der Waals surface area (Å²) in [5.41, 5.74) is 2.17. The molecule has 0 fully saturated rings. The van der Waals surface area contributed by atoms with Gasteiger partial charge in [0.25, 0.3) is 0 Å². The number of ether oxygens (including phenoxy) is 1. The number of rotatable bonds is 7. The molecule has 0 aromatic heterocycles. The number of hydrogen-bond acceptors (Lipinski definition) is 3. The van der Waals surface area contributed by atoms with Gasteiger partial charge in [-0.2, -0.15) is 0 Å². The molecule has 2 amide bonds. The number of anilines is 1. The first kappa shape index (κ1) is 20.7. The number of nitrogens with zero attached hydrogens (tertiary/aromatic N) is 1. The van der Waals surface area contributed by atoms with E-state index in [0.29, 0.717) is 23.0 Å². The molecule has 0 heterocycles. The van der Waals surface area contributed by atoms with Crippen molar-refractivity contribution in [2.45, 2.75) is 26.8 Å². The number of carbonyl (C=O) groups excluding carboxylic acids is 2. The summed E-state index contributed by atoms with van der Waals surface area (Å²) in [6.07, 6.45) is 0.117. The predicted molar refractivity (Wildman–Crippen MR) is 104 cm³/mol. The Balaban J connectivity index is 2.02. The molecular weight excluding hydrogens is 371 g/mol. The zero-order valence-corrected chi connectivity index (χ0v) is 16.3. The van der Waals surface area contributed by atoms with E-state index in [0.717, 1.165) is 11.1 Å². The summed E-state index contributed by atoms with van der Waals surface area (Å²) < 4.78 is 18.2. The average Bonchev–Trinajstić information content (AvgIpc) is 2.63. The van der Waals surface area contributed by atoms with Gasteiger partial charge in [0.05, 0.1) is 12.8 Å². The van der Waals surface area contributed by atoms with Crippen LogP contribution in [0.5, 0.6) is 5.75 Å². The van der Waals surface area contributed by atoms with Crippen LogP contribution in [0, 0.1) is 12.7 Å². The van der Waals surface area contributed by atoms with Gasteiger partial charge in [-0.25, -0.2) is 4.39 Å². The van der Waals surface area contributed by atoms with Crippen molar-refractivity contribution in [3.8, 4) is 5.75 Å². The quantitative estimate of drug-likeness (QED) is 0.778. The molecule has 0 saturated heterocycles. The molecule has 2 rings (SSSR count). The molecule has 5 nitrogen and oxygen atoms in total. The van der Waals surface area contributed by atoms with Crippen LogP contribution in [0.25, 0.3) is 0 Å². The first-order valence-corrected chi connectivity index (χ1v) is 8.83. The van der Waals surface area contributed by atoms with E-state index in [1.165, 1.54) is 31.1 Å². The maximum absolute atomic E-state index is 12.9. The molecule has 1 N–H and O–H groups in total. The Morgan fingerprint density at radius 2 is 1.89 bits per heavy atom. The number of halogens is 2. The fraction of sp³-hybridized carbons (Fsp3) is 0.300. The van der Waals surface area contributed by atoms with E-state index in [-0.39, 0.29) is 30.6 Å². The maximum Gasteiger partial charge on any atom is 0.223 e. The zero-order valence-electron chi connectivity index (χ0n) is 15.5. The van der Waals surface area contributed by atoms with Crippen molar-refractivity contribution < 1.29 is 18.7 Å². The monoisotopic (exact) mass is 392 g/mol. The van der Waals surface area contributed by atoms with E-state index in [4.69, 9.17) is 16.3 Å². The van der Waals surface area contributed by atoms with Crippen molar-refractivity contribution in [3.63, 3.8) is 0 Å². The van der Waals surface area contributed by atoms with Crippen molar-refractivity contribution in [1.29, 1.82) is 0 Å². The van der Waals surface area contributed by atoms with Gasteiger partial charge >= 0.3 is 0 Å². The highest BCUT2D eigenvalue weighted by atomic mass is 35.5. The van der Waals surface area contributed by atoms with Crippen LogP contribution in [-0.2, 0) is 16.1 Å². The number of hydrogen-bond donors (Lipinski definition) is 1. The molecule has 0 aliphatic rings. The number of nitrogens with one attached hydrogen (secondary N) is 1. The minimum Gasteiger partial charge on any atom is -0.495 e. The summed E-state index contributed by atoms with van der Waals surface area (Å²) >= 11 is 6.11. The molecule has 2 aromatic rings. The topological polar surface area (TPSA) is 58.6 Å². The summed E-state index contributed by atoms with van der Waals surface area (Å²) in [5, 5.41) is 3.30. The number of benzene rings is 2.